The van der Waals surface area contributed by atoms with Gasteiger partial charge in [0.1, 0.15) is 0 Å². The van der Waals surface area contributed by atoms with Crippen LogP contribution < -0.4 is 19.6 Å². The first-order valence-electron chi connectivity index (χ1n) is 24.2. The molecule has 9 aromatic rings. The van der Waals surface area contributed by atoms with Crippen molar-refractivity contribution in [3.63, 3.8) is 0 Å². The van der Waals surface area contributed by atoms with E-state index in [1.165, 1.54) is 60.7 Å². The molecule has 0 atom stereocenters. The minimum Gasteiger partial charge on any atom is -0.341 e. The van der Waals surface area contributed by atoms with Crippen LogP contribution in [0.1, 0.15) is 37.0 Å². The average molecular weight is 891 g/mol. The van der Waals surface area contributed by atoms with Gasteiger partial charge in [0.25, 0.3) is 0 Å². The van der Waals surface area contributed by atoms with E-state index in [4.69, 9.17) is 0 Å². The molecule has 12 rings (SSSR count). The van der Waals surface area contributed by atoms with Crippen LogP contribution in [0.2, 0.25) is 0 Å². The largest absolute Gasteiger partial charge is 0.341 e. The molecular formula is C65H54N4. The molecule has 4 nitrogen and oxygen atoms in total. The Morgan fingerprint density at radius 3 is 1.54 bits per heavy atom. The normalized spacial score (nSPS) is 15.8. The average Bonchev–Trinajstić information content (AvgIpc) is 3.45. The molecule has 0 unspecified atom stereocenters. The van der Waals surface area contributed by atoms with E-state index in [0.717, 1.165) is 63.9 Å². The second-order valence-corrected chi connectivity index (χ2v) is 19.2. The molecule has 334 valence electrons. The van der Waals surface area contributed by atoms with Crippen LogP contribution in [0.3, 0.4) is 0 Å². The predicted molar refractivity (Wildman–Crippen MR) is 295 cm³/mol. The summed E-state index contributed by atoms with van der Waals surface area (Å²) >= 11 is 0. The topological polar surface area (TPSA) is 13.0 Å². The summed E-state index contributed by atoms with van der Waals surface area (Å²) in [4.78, 5) is 9.51. The van der Waals surface area contributed by atoms with Crippen molar-refractivity contribution in [2.75, 3.05) is 33.7 Å². The van der Waals surface area contributed by atoms with Crippen molar-refractivity contribution in [1.82, 2.24) is 0 Å². The molecule has 0 amide bonds. The van der Waals surface area contributed by atoms with Crippen molar-refractivity contribution in [3.05, 3.63) is 247 Å². The van der Waals surface area contributed by atoms with Crippen LogP contribution in [-0.4, -0.2) is 14.1 Å². The number of nitrogens with zero attached hydrogens (tertiary/aromatic N) is 4. The molecule has 0 spiro atoms. The Hall–Kier alpha value is -8.34. The number of fused-ring (bicyclic) bond motifs is 7. The fourth-order valence-electron chi connectivity index (χ4n) is 11.2. The zero-order valence-corrected chi connectivity index (χ0v) is 39.6. The maximum atomic E-state index is 2.46. The van der Waals surface area contributed by atoms with Gasteiger partial charge in [0.2, 0.25) is 0 Å². The molecule has 0 radical (unpaired) electrons. The summed E-state index contributed by atoms with van der Waals surface area (Å²) in [5.41, 5.74) is 18.9. The molecule has 2 heterocycles. The van der Waals surface area contributed by atoms with E-state index in [1.807, 2.05) is 0 Å². The summed E-state index contributed by atoms with van der Waals surface area (Å²) in [5, 5.41) is 4.77. The predicted octanol–water partition coefficient (Wildman–Crippen LogP) is 17.8. The highest BCUT2D eigenvalue weighted by molar-refractivity contribution is 6.09. The van der Waals surface area contributed by atoms with Gasteiger partial charge in [-0.15, -0.1) is 0 Å². The highest BCUT2D eigenvalue weighted by Gasteiger charge is 2.30. The molecule has 0 saturated heterocycles. The van der Waals surface area contributed by atoms with Crippen LogP contribution in [0.5, 0.6) is 0 Å². The molecule has 2 aliphatic heterocycles. The SMILES string of the molecule is CN1c2ccccc2N(c2cccc(/C3=C/C=C\CC(C)(C)c4ccccc4C3)c3cc(N4c5ccccc5N(C)c5ccccc54)ccc3c(-c3cccc4ccccc34)cc2)c2ccccc21. The Balaban J connectivity index is 1.20. The van der Waals surface area contributed by atoms with E-state index in [0.29, 0.717) is 0 Å². The van der Waals surface area contributed by atoms with E-state index >= 15 is 0 Å². The summed E-state index contributed by atoms with van der Waals surface area (Å²) in [5.74, 6) is 0. The first-order chi connectivity index (χ1) is 33.8. The van der Waals surface area contributed by atoms with E-state index in [1.54, 1.807) is 0 Å². The summed E-state index contributed by atoms with van der Waals surface area (Å²) in [6.45, 7) is 4.76. The fourth-order valence-corrected chi connectivity index (χ4v) is 11.2. The fraction of sp³-hybridized carbons (Fsp3) is 0.108. The number of hydrogen-bond donors (Lipinski definition) is 0. The molecule has 0 saturated carbocycles. The Labute approximate surface area is 406 Å². The van der Waals surface area contributed by atoms with Crippen molar-refractivity contribution in [2.24, 2.45) is 0 Å². The van der Waals surface area contributed by atoms with E-state index < -0.39 is 0 Å². The third-order valence-electron chi connectivity index (χ3n) is 14.6. The van der Waals surface area contributed by atoms with Crippen LogP contribution in [0.15, 0.2) is 231 Å². The summed E-state index contributed by atoms with van der Waals surface area (Å²) in [7, 11) is 4.34. The van der Waals surface area contributed by atoms with Gasteiger partial charge in [0, 0.05) is 25.5 Å². The van der Waals surface area contributed by atoms with Gasteiger partial charge in [0.05, 0.1) is 45.5 Å². The van der Waals surface area contributed by atoms with Gasteiger partial charge in [-0.1, -0.05) is 172 Å². The minimum absolute atomic E-state index is 0.0205. The van der Waals surface area contributed by atoms with Gasteiger partial charge in [-0.3, -0.25) is 0 Å². The molecule has 9 aromatic carbocycles. The molecule has 0 N–H and O–H groups in total. The zero-order valence-electron chi connectivity index (χ0n) is 39.6. The number of anilines is 10. The maximum Gasteiger partial charge on any atom is 0.0699 e. The quantitative estimate of drug-likeness (QED) is 0.175. The standard InChI is InChI=1S/C65H54N4/c1-65(2)42-18-17-22-46(43-47-23-6-8-29-56(47)65)51-27-20-25-48(68-61-34-13-9-30-57(61)66(3)58-31-10-14-35-62(58)68)38-40-53(52-28-19-24-45-21-5-7-26-50(45)52)54-41-39-49(44-55(51)54)69-63-36-15-11-32-59(63)67(4)60-33-12-16-37-64(60)69/h5-41,44H,42-43H2,1-4H3/b18-17-,25-20?,27-20?,40-38?,46-22+,48-25?,48-38?,51-27?,53-40?,54-53?,55-51?. The molecule has 0 bridgehead atoms. The number of allylic oxidation sites excluding steroid dienone is 4. The monoisotopic (exact) mass is 890 g/mol. The van der Waals surface area contributed by atoms with Gasteiger partial charge in [0.15, 0.2) is 0 Å². The number of benzene rings is 8. The zero-order chi connectivity index (χ0) is 46.6. The van der Waals surface area contributed by atoms with Gasteiger partial charge >= 0.3 is 0 Å². The van der Waals surface area contributed by atoms with Crippen LogP contribution in [-0.2, 0) is 11.8 Å². The Kier molecular flexibility index (Phi) is 10.4. The van der Waals surface area contributed by atoms with E-state index in [-0.39, 0.29) is 5.41 Å². The van der Waals surface area contributed by atoms with Crippen LogP contribution in [0, 0.1) is 0 Å². The van der Waals surface area contributed by atoms with Crippen molar-refractivity contribution in [1.29, 1.82) is 0 Å². The van der Waals surface area contributed by atoms with Gasteiger partial charge < -0.3 is 19.6 Å². The third kappa shape index (κ3) is 7.23. The van der Waals surface area contributed by atoms with E-state index in [9.17, 15) is 0 Å². The molecule has 4 heteroatoms. The maximum absolute atomic E-state index is 2.46. The summed E-state index contributed by atoms with van der Waals surface area (Å²) in [6, 6.07) is 78.5. The highest BCUT2D eigenvalue weighted by Crippen LogP contribution is 2.53. The lowest BCUT2D eigenvalue weighted by molar-refractivity contribution is 0.530. The molecule has 1 aliphatic carbocycles. The minimum atomic E-state index is -0.0205. The second kappa shape index (κ2) is 17.1. The van der Waals surface area contributed by atoms with Crippen molar-refractivity contribution < 1.29 is 0 Å². The van der Waals surface area contributed by atoms with Crippen LogP contribution in [0.25, 0.3) is 38.2 Å². The van der Waals surface area contributed by atoms with Gasteiger partial charge in [-0.2, -0.15) is 0 Å². The third-order valence-corrected chi connectivity index (χ3v) is 14.6. The Morgan fingerprint density at radius 1 is 0.391 bits per heavy atom. The van der Waals surface area contributed by atoms with Crippen molar-refractivity contribution >= 4 is 84.0 Å². The van der Waals surface area contributed by atoms with Crippen molar-refractivity contribution in [3.8, 4) is 11.1 Å². The molecule has 0 fully saturated rings. The molecule has 3 aliphatic rings. The summed E-state index contributed by atoms with van der Waals surface area (Å²) < 4.78 is 0. The molecular weight excluding hydrogens is 837 g/mol. The number of hydrogen-bond acceptors (Lipinski definition) is 4. The second-order valence-electron chi connectivity index (χ2n) is 19.2. The van der Waals surface area contributed by atoms with Crippen LogP contribution >= 0.6 is 0 Å². The van der Waals surface area contributed by atoms with E-state index in [2.05, 4.69) is 278 Å². The lowest BCUT2D eigenvalue weighted by Gasteiger charge is -2.38. The Morgan fingerprint density at radius 2 is 0.884 bits per heavy atom. The Bertz CT molecular complexity index is 3520. The number of para-hydroxylation sites is 8. The van der Waals surface area contributed by atoms with Gasteiger partial charge in [-0.25, -0.2) is 0 Å². The van der Waals surface area contributed by atoms with Crippen molar-refractivity contribution in [2.45, 2.75) is 32.1 Å². The van der Waals surface area contributed by atoms with Gasteiger partial charge in [-0.05, 0) is 146 Å². The molecule has 69 heavy (non-hydrogen) atoms. The smallest absolute Gasteiger partial charge is 0.0699 e. The first-order valence-corrected chi connectivity index (χ1v) is 24.2. The first kappa shape index (κ1) is 42.0. The number of rotatable bonds is 4. The lowest BCUT2D eigenvalue weighted by Crippen LogP contribution is -2.23. The lowest BCUT2D eigenvalue weighted by atomic mass is 9.78. The summed E-state index contributed by atoms with van der Waals surface area (Å²) in [6.07, 6.45) is 8.77. The van der Waals surface area contributed by atoms with Crippen LogP contribution in [0.4, 0.5) is 56.9 Å². The highest BCUT2D eigenvalue weighted by atomic mass is 15.3. The molecule has 0 aromatic heterocycles.